The predicted octanol–water partition coefficient (Wildman–Crippen LogP) is 6.07. The summed E-state index contributed by atoms with van der Waals surface area (Å²) in [5, 5.41) is 4.38. The molecule has 2 aromatic rings. The largest absolute Gasteiger partial charge is 0.355 e. The highest BCUT2D eigenvalue weighted by Crippen LogP contribution is 2.25. The van der Waals surface area contributed by atoms with E-state index in [9.17, 15) is 9.59 Å². The lowest BCUT2D eigenvalue weighted by Gasteiger charge is -2.30. The fraction of sp³-hybridized carbons (Fsp3) is 0.364. The fourth-order valence-corrected chi connectivity index (χ4v) is 4.26. The summed E-state index contributed by atoms with van der Waals surface area (Å²) >= 11 is 19.6. The summed E-state index contributed by atoms with van der Waals surface area (Å²) in [6.45, 7) is 4.56. The van der Waals surface area contributed by atoms with Crippen LogP contribution in [0.25, 0.3) is 0 Å². The second-order valence-corrected chi connectivity index (χ2v) is 9.06. The zero-order chi connectivity index (χ0) is 22.1. The van der Waals surface area contributed by atoms with Gasteiger partial charge in [0, 0.05) is 35.2 Å². The van der Waals surface area contributed by atoms with Crippen LogP contribution in [0.5, 0.6) is 0 Å². The van der Waals surface area contributed by atoms with Crippen LogP contribution >= 0.6 is 46.6 Å². The highest BCUT2D eigenvalue weighted by atomic mass is 35.5. The van der Waals surface area contributed by atoms with Crippen LogP contribution in [-0.2, 0) is 16.1 Å². The number of rotatable bonds is 10. The van der Waals surface area contributed by atoms with E-state index in [1.807, 2.05) is 44.2 Å². The van der Waals surface area contributed by atoms with Gasteiger partial charge in [-0.05, 0) is 55.3 Å². The van der Waals surface area contributed by atoms with Gasteiger partial charge in [-0.25, -0.2) is 0 Å². The van der Waals surface area contributed by atoms with Gasteiger partial charge < -0.3 is 10.2 Å². The first-order valence-electron chi connectivity index (χ1n) is 9.75. The quantitative estimate of drug-likeness (QED) is 0.414. The van der Waals surface area contributed by atoms with Crippen molar-refractivity contribution in [2.24, 2.45) is 0 Å². The maximum atomic E-state index is 13.1. The Bertz CT molecular complexity index is 862. The van der Waals surface area contributed by atoms with Crippen molar-refractivity contribution in [3.63, 3.8) is 0 Å². The number of thioether (sulfide) groups is 1. The molecule has 0 saturated carbocycles. The third-order valence-corrected chi connectivity index (χ3v) is 6.48. The average Bonchev–Trinajstić information content (AvgIpc) is 2.72. The molecule has 2 amide bonds. The van der Waals surface area contributed by atoms with Gasteiger partial charge in [-0.15, -0.1) is 11.8 Å². The Morgan fingerprint density at radius 3 is 2.33 bits per heavy atom. The molecule has 0 aliphatic rings. The maximum Gasteiger partial charge on any atom is 0.242 e. The number of likely N-dealkylation sites (N-methyl/N-ethyl adjacent to an activating group) is 1. The summed E-state index contributed by atoms with van der Waals surface area (Å²) in [4.78, 5) is 28.4. The van der Waals surface area contributed by atoms with Crippen LogP contribution in [0.2, 0.25) is 15.1 Å². The Hall–Kier alpha value is -1.40. The Labute approximate surface area is 197 Å². The van der Waals surface area contributed by atoms with E-state index < -0.39 is 6.04 Å². The maximum absolute atomic E-state index is 13.1. The molecular formula is C22H25Cl3N2O2S. The molecule has 30 heavy (non-hydrogen) atoms. The third kappa shape index (κ3) is 7.38. The molecule has 1 atom stereocenters. The second kappa shape index (κ2) is 12.5. The van der Waals surface area contributed by atoms with Gasteiger partial charge in [0.05, 0.1) is 10.0 Å². The van der Waals surface area contributed by atoms with Crippen molar-refractivity contribution in [3.05, 3.63) is 63.1 Å². The zero-order valence-corrected chi connectivity index (χ0v) is 20.0. The Balaban J connectivity index is 2.13. The molecule has 0 aromatic heterocycles. The molecule has 0 heterocycles. The molecule has 162 valence electrons. The summed E-state index contributed by atoms with van der Waals surface area (Å²) in [6, 6.07) is 12.2. The molecule has 2 rings (SSSR count). The molecule has 2 aromatic carbocycles. The Morgan fingerprint density at radius 2 is 1.73 bits per heavy atom. The first kappa shape index (κ1) is 24.9. The minimum Gasteiger partial charge on any atom is -0.355 e. The fourth-order valence-electron chi connectivity index (χ4n) is 2.98. The topological polar surface area (TPSA) is 49.4 Å². The van der Waals surface area contributed by atoms with E-state index in [4.69, 9.17) is 34.8 Å². The van der Waals surface area contributed by atoms with Gasteiger partial charge in [0.15, 0.2) is 0 Å². The van der Waals surface area contributed by atoms with Crippen LogP contribution in [0, 0.1) is 0 Å². The van der Waals surface area contributed by atoms with Crippen molar-refractivity contribution in [2.75, 3.05) is 12.3 Å². The lowest BCUT2D eigenvalue weighted by molar-refractivity contribution is -0.141. The van der Waals surface area contributed by atoms with E-state index in [0.717, 1.165) is 10.5 Å². The molecular weight excluding hydrogens is 463 g/mol. The van der Waals surface area contributed by atoms with Crippen molar-refractivity contribution >= 4 is 58.4 Å². The van der Waals surface area contributed by atoms with Gasteiger partial charge in [0.25, 0.3) is 0 Å². The molecule has 0 fully saturated rings. The van der Waals surface area contributed by atoms with Crippen LogP contribution in [0.1, 0.15) is 32.3 Å². The molecule has 0 aliphatic heterocycles. The summed E-state index contributed by atoms with van der Waals surface area (Å²) < 4.78 is 0. The molecule has 1 N–H and O–H groups in total. The minimum absolute atomic E-state index is 0.0827. The molecule has 4 nitrogen and oxygen atoms in total. The van der Waals surface area contributed by atoms with Crippen molar-refractivity contribution in [2.45, 2.75) is 44.2 Å². The van der Waals surface area contributed by atoms with Gasteiger partial charge in [-0.3, -0.25) is 9.59 Å². The number of amides is 2. The summed E-state index contributed by atoms with van der Waals surface area (Å²) in [5.74, 6) is 0.365. The van der Waals surface area contributed by atoms with Crippen molar-refractivity contribution in [3.8, 4) is 0 Å². The highest BCUT2D eigenvalue weighted by molar-refractivity contribution is 7.99. The summed E-state index contributed by atoms with van der Waals surface area (Å²) in [6.07, 6.45) is 0.827. The van der Waals surface area contributed by atoms with E-state index in [-0.39, 0.29) is 18.4 Å². The molecule has 8 heteroatoms. The van der Waals surface area contributed by atoms with Gasteiger partial charge in [0.1, 0.15) is 6.04 Å². The van der Waals surface area contributed by atoms with Crippen LogP contribution in [-0.4, -0.2) is 35.1 Å². The number of nitrogens with zero attached hydrogens (tertiary/aromatic N) is 1. The van der Waals surface area contributed by atoms with E-state index in [0.29, 0.717) is 40.2 Å². The average molecular weight is 488 g/mol. The van der Waals surface area contributed by atoms with Crippen LogP contribution < -0.4 is 5.32 Å². The van der Waals surface area contributed by atoms with Crippen LogP contribution in [0.3, 0.4) is 0 Å². The van der Waals surface area contributed by atoms with Crippen molar-refractivity contribution in [1.82, 2.24) is 10.2 Å². The normalized spacial score (nSPS) is 11.8. The number of hydrogen-bond acceptors (Lipinski definition) is 3. The van der Waals surface area contributed by atoms with E-state index in [1.165, 1.54) is 0 Å². The van der Waals surface area contributed by atoms with Gasteiger partial charge >= 0.3 is 0 Å². The number of hydrogen-bond donors (Lipinski definition) is 1. The first-order valence-corrected chi connectivity index (χ1v) is 11.9. The zero-order valence-electron chi connectivity index (χ0n) is 17.0. The number of halogens is 3. The molecule has 0 bridgehead atoms. The van der Waals surface area contributed by atoms with E-state index in [1.54, 1.807) is 28.8 Å². The molecule has 0 unspecified atom stereocenters. The van der Waals surface area contributed by atoms with Gasteiger partial charge in [-0.1, -0.05) is 47.8 Å². The molecule has 0 spiro atoms. The number of carbonyl (C=O) groups excluding carboxylic acids is 2. The Morgan fingerprint density at radius 1 is 1.03 bits per heavy atom. The van der Waals surface area contributed by atoms with Gasteiger partial charge in [0.2, 0.25) is 11.8 Å². The number of benzene rings is 2. The van der Waals surface area contributed by atoms with E-state index in [2.05, 4.69) is 5.32 Å². The minimum atomic E-state index is -0.549. The van der Waals surface area contributed by atoms with Crippen molar-refractivity contribution < 1.29 is 9.59 Å². The van der Waals surface area contributed by atoms with Gasteiger partial charge in [-0.2, -0.15) is 0 Å². The number of carbonyl (C=O) groups is 2. The van der Waals surface area contributed by atoms with Crippen LogP contribution in [0.15, 0.2) is 47.4 Å². The SMILES string of the molecule is CCNC(=O)[C@H](CC)N(Cc1ccc(Cl)c(Cl)c1)C(=O)CCSc1ccc(Cl)cc1. The first-order chi connectivity index (χ1) is 14.3. The lowest BCUT2D eigenvalue weighted by atomic mass is 10.1. The predicted molar refractivity (Wildman–Crippen MR) is 127 cm³/mol. The van der Waals surface area contributed by atoms with Crippen molar-refractivity contribution in [1.29, 1.82) is 0 Å². The lowest BCUT2D eigenvalue weighted by Crippen LogP contribution is -2.49. The van der Waals surface area contributed by atoms with E-state index >= 15 is 0 Å². The highest BCUT2D eigenvalue weighted by Gasteiger charge is 2.28. The third-order valence-electron chi connectivity index (χ3n) is 4.47. The molecule has 0 aliphatic carbocycles. The smallest absolute Gasteiger partial charge is 0.242 e. The summed E-state index contributed by atoms with van der Waals surface area (Å²) in [7, 11) is 0. The monoisotopic (exact) mass is 486 g/mol. The standard InChI is InChI=1S/C22H25Cl3N2O2S/c1-3-20(22(29)26-4-2)27(14-15-5-10-18(24)19(25)13-15)21(28)11-12-30-17-8-6-16(23)7-9-17/h5-10,13,20H,3-4,11-12,14H2,1-2H3,(H,26,29)/t20-/m0/s1. The molecule has 0 radical (unpaired) electrons. The molecule has 0 saturated heterocycles. The Kier molecular flexibility index (Phi) is 10.3. The number of nitrogens with one attached hydrogen (secondary N) is 1. The van der Waals surface area contributed by atoms with Crippen LogP contribution in [0.4, 0.5) is 0 Å². The summed E-state index contributed by atoms with van der Waals surface area (Å²) in [5.41, 5.74) is 0.825. The second-order valence-electron chi connectivity index (χ2n) is 6.64.